The van der Waals surface area contributed by atoms with Crippen molar-refractivity contribution in [2.45, 2.75) is 51.1 Å². The van der Waals surface area contributed by atoms with Gasteiger partial charge in [-0.2, -0.15) is 5.10 Å². The van der Waals surface area contributed by atoms with Crippen LogP contribution >= 0.6 is 0 Å². The molecule has 0 aromatic carbocycles. The average Bonchev–Trinajstić information content (AvgIpc) is 2.66. The zero-order chi connectivity index (χ0) is 10.7. The van der Waals surface area contributed by atoms with Crippen LogP contribution in [0.5, 0.6) is 0 Å². The van der Waals surface area contributed by atoms with E-state index in [4.69, 9.17) is 0 Å². The van der Waals surface area contributed by atoms with E-state index in [0.29, 0.717) is 12.1 Å². The number of hydrogen-bond acceptors (Lipinski definition) is 2. The van der Waals surface area contributed by atoms with Gasteiger partial charge in [-0.1, -0.05) is 19.3 Å². The standard InChI is InChI=1S/C12H21N3/c1-10(11-8-13-15(2)9-11)14-12-6-4-3-5-7-12/h8-10,12,14H,3-7H2,1-2H3/t10-/m1/s1. The number of aryl methyl sites for hydroxylation is 1. The highest BCUT2D eigenvalue weighted by atomic mass is 15.2. The summed E-state index contributed by atoms with van der Waals surface area (Å²) in [6.07, 6.45) is 10.9. The molecule has 84 valence electrons. The van der Waals surface area contributed by atoms with Crippen molar-refractivity contribution in [2.75, 3.05) is 0 Å². The van der Waals surface area contributed by atoms with Crippen molar-refractivity contribution in [3.63, 3.8) is 0 Å². The molecule has 0 aliphatic heterocycles. The van der Waals surface area contributed by atoms with Crippen molar-refractivity contribution >= 4 is 0 Å². The van der Waals surface area contributed by atoms with E-state index in [9.17, 15) is 0 Å². The van der Waals surface area contributed by atoms with Gasteiger partial charge in [-0.25, -0.2) is 0 Å². The molecule has 3 heteroatoms. The molecular weight excluding hydrogens is 186 g/mol. The Kier molecular flexibility index (Phi) is 3.41. The summed E-state index contributed by atoms with van der Waals surface area (Å²) in [6, 6.07) is 1.15. The Morgan fingerprint density at radius 2 is 2.13 bits per heavy atom. The van der Waals surface area contributed by atoms with Crippen LogP contribution in [0.3, 0.4) is 0 Å². The first-order valence-electron chi connectivity index (χ1n) is 6.00. The molecule has 1 heterocycles. The van der Waals surface area contributed by atoms with E-state index in [-0.39, 0.29) is 0 Å². The molecule has 1 N–H and O–H groups in total. The lowest BCUT2D eigenvalue weighted by Gasteiger charge is -2.26. The molecule has 1 aliphatic carbocycles. The van der Waals surface area contributed by atoms with E-state index in [1.54, 1.807) is 0 Å². The summed E-state index contributed by atoms with van der Waals surface area (Å²) in [7, 11) is 1.97. The van der Waals surface area contributed by atoms with Crippen molar-refractivity contribution in [3.8, 4) is 0 Å². The lowest BCUT2D eigenvalue weighted by Crippen LogP contribution is -2.33. The molecule has 1 aromatic rings. The van der Waals surface area contributed by atoms with Crippen LogP contribution in [0.4, 0.5) is 0 Å². The first-order valence-corrected chi connectivity index (χ1v) is 6.00. The molecule has 3 nitrogen and oxygen atoms in total. The Bertz CT molecular complexity index is 300. The van der Waals surface area contributed by atoms with Gasteiger partial charge in [0.25, 0.3) is 0 Å². The molecule has 0 amide bonds. The average molecular weight is 207 g/mol. The highest BCUT2D eigenvalue weighted by molar-refractivity contribution is 5.09. The van der Waals surface area contributed by atoms with Gasteiger partial charge >= 0.3 is 0 Å². The summed E-state index contributed by atoms with van der Waals surface area (Å²) in [5.41, 5.74) is 1.29. The topological polar surface area (TPSA) is 29.9 Å². The summed E-state index contributed by atoms with van der Waals surface area (Å²) in [5, 5.41) is 7.90. The van der Waals surface area contributed by atoms with Crippen molar-refractivity contribution in [1.29, 1.82) is 0 Å². The maximum Gasteiger partial charge on any atom is 0.0537 e. The van der Waals surface area contributed by atoms with Crippen LogP contribution < -0.4 is 5.32 Å². The van der Waals surface area contributed by atoms with E-state index in [0.717, 1.165) is 0 Å². The zero-order valence-corrected chi connectivity index (χ0v) is 9.74. The third kappa shape index (κ3) is 2.81. The van der Waals surface area contributed by atoms with Gasteiger partial charge in [0.05, 0.1) is 6.20 Å². The monoisotopic (exact) mass is 207 g/mol. The number of nitrogens with one attached hydrogen (secondary N) is 1. The minimum absolute atomic E-state index is 0.432. The van der Waals surface area contributed by atoms with Gasteiger partial charge in [0.15, 0.2) is 0 Å². The van der Waals surface area contributed by atoms with Crippen molar-refractivity contribution in [2.24, 2.45) is 7.05 Å². The van der Waals surface area contributed by atoms with Crippen LogP contribution in [0.15, 0.2) is 12.4 Å². The molecule has 0 saturated heterocycles. The molecule has 1 atom stereocenters. The molecule has 1 aromatic heterocycles. The van der Waals surface area contributed by atoms with E-state index in [1.807, 2.05) is 17.9 Å². The van der Waals surface area contributed by atoms with Crippen LogP contribution in [-0.4, -0.2) is 15.8 Å². The number of hydrogen-bond donors (Lipinski definition) is 1. The van der Waals surface area contributed by atoms with Gasteiger partial charge in [-0.3, -0.25) is 4.68 Å². The van der Waals surface area contributed by atoms with E-state index in [2.05, 4.69) is 23.5 Å². The Balaban J connectivity index is 1.88. The van der Waals surface area contributed by atoms with Crippen LogP contribution in [0.2, 0.25) is 0 Å². The van der Waals surface area contributed by atoms with E-state index < -0.39 is 0 Å². The SMILES string of the molecule is C[C@@H](NC1CCCCC1)c1cnn(C)c1. The maximum atomic E-state index is 4.21. The summed E-state index contributed by atoms with van der Waals surface area (Å²) in [6.45, 7) is 2.23. The Morgan fingerprint density at radius 3 is 2.73 bits per heavy atom. The fourth-order valence-corrected chi connectivity index (χ4v) is 2.38. The van der Waals surface area contributed by atoms with Gasteiger partial charge in [-0.05, 0) is 19.8 Å². The number of aromatic nitrogens is 2. The van der Waals surface area contributed by atoms with E-state index in [1.165, 1.54) is 37.7 Å². The van der Waals surface area contributed by atoms with Gasteiger partial charge in [0, 0.05) is 30.9 Å². The highest BCUT2D eigenvalue weighted by Gasteiger charge is 2.16. The molecular formula is C12H21N3. The van der Waals surface area contributed by atoms with Crippen molar-refractivity contribution < 1.29 is 0 Å². The highest BCUT2D eigenvalue weighted by Crippen LogP contribution is 2.21. The molecule has 1 aliphatic rings. The second-order valence-electron chi connectivity index (χ2n) is 4.67. The molecule has 0 radical (unpaired) electrons. The van der Waals surface area contributed by atoms with Gasteiger partial charge in [-0.15, -0.1) is 0 Å². The molecule has 0 unspecified atom stereocenters. The summed E-state index contributed by atoms with van der Waals surface area (Å²) < 4.78 is 1.87. The predicted molar refractivity (Wildman–Crippen MR) is 61.6 cm³/mol. The first-order chi connectivity index (χ1) is 7.25. The minimum Gasteiger partial charge on any atom is -0.307 e. The lowest BCUT2D eigenvalue weighted by atomic mass is 9.94. The van der Waals surface area contributed by atoms with E-state index >= 15 is 0 Å². The van der Waals surface area contributed by atoms with Crippen molar-refractivity contribution in [3.05, 3.63) is 18.0 Å². The lowest BCUT2D eigenvalue weighted by molar-refractivity contribution is 0.347. The van der Waals surface area contributed by atoms with Crippen LogP contribution in [0.1, 0.15) is 50.6 Å². The van der Waals surface area contributed by atoms with Crippen molar-refractivity contribution in [1.82, 2.24) is 15.1 Å². The molecule has 1 saturated carbocycles. The fraction of sp³-hybridized carbons (Fsp3) is 0.750. The zero-order valence-electron chi connectivity index (χ0n) is 9.74. The number of rotatable bonds is 3. The van der Waals surface area contributed by atoms with Gasteiger partial charge in [0.2, 0.25) is 0 Å². The Labute approximate surface area is 91.9 Å². The van der Waals surface area contributed by atoms with Crippen LogP contribution in [-0.2, 0) is 7.05 Å². The summed E-state index contributed by atoms with van der Waals surface area (Å²) >= 11 is 0. The molecule has 15 heavy (non-hydrogen) atoms. The maximum absolute atomic E-state index is 4.21. The summed E-state index contributed by atoms with van der Waals surface area (Å²) in [5.74, 6) is 0. The molecule has 0 bridgehead atoms. The van der Waals surface area contributed by atoms with Crippen LogP contribution in [0, 0.1) is 0 Å². The van der Waals surface area contributed by atoms with Gasteiger partial charge < -0.3 is 5.32 Å². The predicted octanol–water partition coefficient (Wildman–Crippen LogP) is 2.40. The normalized spacial score (nSPS) is 20.4. The fourth-order valence-electron chi connectivity index (χ4n) is 2.38. The van der Waals surface area contributed by atoms with Crippen LogP contribution in [0.25, 0.3) is 0 Å². The third-order valence-electron chi connectivity index (χ3n) is 3.32. The molecule has 1 fully saturated rings. The smallest absolute Gasteiger partial charge is 0.0537 e. The second kappa shape index (κ2) is 4.79. The molecule has 0 spiro atoms. The Hall–Kier alpha value is -0.830. The Morgan fingerprint density at radius 1 is 1.40 bits per heavy atom. The van der Waals surface area contributed by atoms with Gasteiger partial charge in [0.1, 0.15) is 0 Å². The number of nitrogens with zero attached hydrogens (tertiary/aromatic N) is 2. The minimum atomic E-state index is 0.432. The first kappa shape index (κ1) is 10.7. The second-order valence-corrected chi connectivity index (χ2v) is 4.67. The summed E-state index contributed by atoms with van der Waals surface area (Å²) in [4.78, 5) is 0. The quantitative estimate of drug-likeness (QED) is 0.825. The largest absolute Gasteiger partial charge is 0.307 e. The third-order valence-corrected chi connectivity index (χ3v) is 3.32. The molecule has 2 rings (SSSR count).